The second-order valence-electron chi connectivity index (χ2n) is 5.78. The molecule has 0 radical (unpaired) electrons. The normalized spacial score (nSPS) is 15.4. The van der Waals surface area contributed by atoms with Gasteiger partial charge in [0.2, 0.25) is 10.0 Å². The molecule has 0 spiro atoms. The van der Waals surface area contributed by atoms with Crippen molar-refractivity contribution in [1.82, 2.24) is 9.84 Å². The van der Waals surface area contributed by atoms with Gasteiger partial charge in [0.15, 0.2) is 0 Å². The van der Waals surface area contributed by atoms with Gasteiger partial charge in [-0.3, -0.25) is 14.6 Å². The van der Waals surface area contributed by atoms with Crippen molar-refractivity contribution < 1.29 is 22.7 Å². The number of carbonyl (C=O) groups excluding carboxylic acids is 2. The van der Waals surface area contributed by atoms with E-state index in [1.807, 2.05) is 0 Å². The Morgan fingerprint density at radius 3 is 2.60 bits per heavy atom. The van der Waals surface area contributed by atoms with Crippen LogP contribution in [0.3, 0.4) is 0 Å². The summed E-state index contributed by atoms with van der Waals surface area (Å²) >= 11 is 0. The first kappa shape index (κ1) is 19.1. The Kier molecular flexibility index (Phi) is 6.33. The zero-order valence-electron chi connectivity index (χ0n) is 14.3. The molecule has 0 atom stereocenters. The van der Waals surface area contributed by atoms with Crippen molar-refractivity contribution in [2.75, 3.05) is 13.2 Å². The maximum absolute atomic E-state index is 12.5. The molecule has 25 heavy (non-hydrogen) atoms. The van der Waals surface area contributed by atoms with Gasteiger partial charge in [-0.15, -0.1) is 4.83 Å². The van der Waals surface area contributed by atoms with Crippen LogP contribution in [0.2, 0.25) is 0 Å². The second kappa shape index (κ2) is 8.26. The zero-order chi connectivity index (χ0) is 18.4. The molecule has 1 aromatic rings. The van der Waals surface area contributed by atoms with E-state index in [0.717, 1.165) is 10.6 Å². The fraction of sp³-hybridized carbons (Fsp3) is 0.412. The summed E-state index contributed by atoms with van der Waals surface area (Å²) in [6.45, 7) is 3.91. The van der Waals surface area contributed by atoms with Gasteiger partial charge in [-0.2, -0.15) is 0 Å². The summed E-state index contributed by atoms with van der Waals surface area (Å²) in [6.07, 6.45) is 0.337. The quantitative estimate of drug-likeness (QED) is 0.739. The summed E-state index contributed by atoms with van der Waals surface area (Å²) in [5.41, 5.74) is 1.68. The molecule has 136 valence electrons. The molecule has 1 aliphatic rings. The van der Waals surface area contributed by atoms with Gasteiger partial charge in [-0.05, 0) is 25.8 Å². The van der Waals surface area contributed by atoms with Crippen molar-refractivity contribution in [2.24, 2.45) is 0 Å². The number of ether oxygens (including phenoxy) is 1. The molecule has 0 saturated heterocycles. The summed E-state index contributed by atoms with van der Waals surface area (Å²) in [6, 6.07) is 8.70. The van der Waals surface area contributed by atoms with E-state index in [2.05, 4.69) is 4.83 Å². The van der Waals surface area contributed by atoms with Gasteiger partial charge >= 0.3 is 5.97 Å². The van der Waals surface area contributed by atoms with Gasteiger partial charge < -0.3 is 4.74 Å². The Labute approximate surface area is 147 Å². The van der Waals surface area contributed by atoms with Crippen molar-refractivity contribution >= 4 is 21.9 Å². The molecular formula is C17H22N2O5S. The lowest BCUT2D eigenvalue weighted by Gasteiger charge is -2.29. The summed E-state index contributed by atoms with van der Waals surface area (Å²) in [7, 11) is -3.73. The van der Waals surface area contributed by atoms with Gasteiger partial charge in [-0.25, -0.2) is 8.42 Å². The van der Waals surface area contributed by atoms with E-state index >= 15 is 0 Å². The molecule has 1 N–H and O–H groups in total. The number of rotatable bonds is 7. The first-order valence-electron chi connectivity index (χ1n) is 8.02. The number of nitrogens with one attached hydrogen (secondary N) is 1. The lowest BCUT2D eigenvalue weighted by atomic mass is 9.99. The Balaban J connectivity index is 2.08. The van der Waals surface area contributed by atoms with Crippen LogP contribution in [-0.4, -0.2) is 38.5 Å². The Hall–Kier alpha value is -2.19. The molecular weight excluding hydrogens is 344 g/mol. The van der Waals surface area contributed by atoms with Gasteiger partial charge in [0.1, 0.15) is 0 Å². The average molecular weight is 366 g/mol. The van der Waals surface area contributed by atoms with E-state index in [1.165, 1.54) is 0 Å². The lowest BCUT2D eigenvalue weighted by molar-refractivity contribution is -0.143. The van der Waals surface area contributed by atoms with Crippen LogP contribution in [0.5, 0.6) is 0 Å². The number of hydrogen-bond acceptors (Lipinski definition) is 5. The van der Waals surface area contributed by atoms with E-state index < -0.39 is 21.9 Å². The first-order chi connectivity index (χ1) is 11.8. The zero-order valence-corrected chi connectivity index (χ0v) is 15.1. The highest BCUT2D eigenvalue weighted by Gasteiger charge is 2.30. The Bertz CT molecular complexity index is 771. The largest absolute Gasteiger partial charge is 0.466 e. The molecule has 1 heterocycles. The fourth-order valence-electron chi connectivity index (χ4n) is 2.54. The molecule has 0 unspecified atom stereocenters. The van der Waals surface area contributed by atoms with Gasteiger partial charge in [-0.1, -0.05) is 35.9 Å². The van der Waals surface area contributed by atoms with E-state index in [1.54, 1.807) is 44.2 Å². The summed E-state index contributed by atoms with van der Waals surface area (Å²) in [5, 5.41) is 1.06. The molecule has 0 fully saturated rings. The maximum Gasteiger partial charge on any atom is 0.310 e. The average Bonchev–Trinajstić information content (AvgIpc) is 2.55. The lowest BCUT2D eigenvalue weighted by Crippen LogP contribution is -2.49. The van der Waals surface area contributed by atoms with Crippen molar-refractivity contribution in [3.8, 4) is 0 Å². The number of esters is 1. The van der Waals surface area contributed by atoms with E-state index in [0.29, 0.717) is 12.0 Å². The predicted molar refractivity (Wildman–Crippen MR) is 92.5 cm³/mol. The third-order valence-electron chi connectivity index (χ3n) is 3.80. The Morgan fingerprint density at radius 1 is 1.28 bits per heavy atom. The minimum atomic E-state index is -3.73. The highest BCUT2D eigenvalue weighted by molar-refractivity contribution is 7.88. The molecule has 1 aromatic carbocycles. The van der Waals surface area contributed by atoms with Crippen molar-refractivity contribution in [3.05, 3.63) is 47.0 Å². The van der Waals surface area contributed by atoms with Crippen molar-refractivity contribution in [2.45, 2.75) is 32.4 Å². The number of carbonyl (C=O) groups is 2. The molecule has 0 bridgehead atoms. The number of benzene rings is 1. The smallest absolute Gasteiger partial charge is 0.310 e. The standard InChI is InChI=1S/C17H22N2O5S/c1-3-24-16(20)11-15-13(2)9-10-19(17(15)21)18-25(22,23)12-14-7-5-4-6-8-14/h4-8,18H,3,9-12H2,1-2H3. The predicted octanol–water partition coefficient (Wildman–Crippen LogP) is 1.52. The minimum Gasteiger partial charge on any atom is -0.466 e. The summed E-state index contributed by atoms with van der Waals surface area (Å²) in [4.78, 5) is 26.5. The molecule has 2 rings (SSSR count). The van der Waals surface area contributed by atoms with Gasteiger partial charge in [0.05, 0.1) is 18.8 Å². The monoisotopic (exact) mass is 366 g/mol. The van der Waals surface area contributed by atoms with Gasteiger partial charge in [0.25, 0.3) is 5.91 Å². The molecule has 1 aliphatic heterocycles. The number of sulfonamides is 1. The van der Waals surface area contributed by atoms with Crippen molar-refractivity contribution in [3.63, 3.8) is 0 Å². The van der Waals surface area contributed by atoms with Crippen LogP contribution in [0.25, 0.3) is 0 Å². The second-order valence-corrected chi connectivity index (χ2v) is 7.48. The van der Waals surface area contributed by atoms with E-state index in [9.17, 15) is 18.0 Å². The van der Waals surface area contributed by atoms with Crippen LogP contribution >= 0.6 is 0 Å². The highest BCUT2D eigenvalue weighted by atomic mass is 32.2. The van der Waals surface area contributed by atoms with E-state index in [4.69, 9.17) is 4.74 Å². The third kappa shape index (κ3) is 5.40. The number of hydrazine groups is 1. The molecule has 0 saturated carbocycles. The highest BCUT2D eigenvalue weighted by Crippen LogP contribution is 2.21. The van der Waals surface area contributed by atoms with Crippen LogP contribution in [-0.2, 0) is 30.1 Å². The van der Waals surface area contributed by atoms with Crippen molar-refractivity contribution in [1.29, 1.82) is 0 Å². The minimum absolute atomic E-state index is 0.157. The fourth-order valence-corrected chi connectivity index (χ4v) is 3.75. The third-order valence-corrected chi connectivity index (χ3v) is 5.02. The van der Waals surface area contributed by atoms with Crippen LogP contribution in [0.15, 0.2) is 41.5 Å². The Morgan fingerprint density at radius 2 is 1.96 bits per heavy atom. The molecule has 0 aromatic heterocycles. The molecule has 1 amide bonds. The van der Waals surface area contributed by atoms with Crippen LogP contribution in [0, 0.1) is 0 Å². The number of amides is 1. The van der Waals surface area contributed by atoms with E-state index in [-0.39, 0.29) is 30.9 Å². The summed E-state index contributed by atoms with van der Waals surface area (Å²) in [5.74, 6) is -1.24. The van der Waals surface area contributed by atoms with Crippen LogP contribution < -0.4 is 4.83 Å². The topological polar surface area (TPSA) is 92.8 Å². The van der Waals surface area contributed by atoms with Gasteiger partial charge in [0, 0.05) is 12.1 Å². The molecule has 7 nitrogen and oxygen atoms in total. The van der Waals surface area contributed by atoms with Crippen LogP contribution in [0.1, 0.15) is 32.3 Å². The maximum atomic E-state index is 12.5. The van der Waals surface area contributed by atoms with Crippen LogP contribution in [0.4, 0.5) is 0 Å². The molecule has 0 aliphatic carbocycles. The first-order valence-corrected chi connectivity index (χ1v) is 9.67. The molecule has 8 heteroatoms. The summed E-state index contributed by atoms with van der Waals surface area (Å²) < 4.78 is 29.5. The SMILES string of the molecule is CCOC(=O)CC1=C(C)CCN(NS(=O)(=O)Cc2ccccc2)C1=O. The number of nitrogens with zero attached hydrogens (tertiary/aromatic N) is 1. The number of hydrogen-bond donors (Lipinski definition) is 1.